The van der Waals surface area contributed by atoms with Gasteiger partial charge in [0.15, 0.2) is 17.5 Å². The molecule has 0 fully saturated rings. The van der Waals surface area contributed by atoms with Crippen LogP contribution in [0.1, 0.15) is 19.4 Å². The number of methoxy groups -OCH3 is 2. The molecule has 2 aromatic carbocycles. The second kappa shape index (κ2) is 11.8. The maximum absolute atomic E-state index is 6.06. The van der Waals surface area contributed by atoms with Crippen LogP contribution in [0, 0.1) is 0 Å². The Hall–Kier alpha value is -2.93. The van der Waals surface area contributed by atoms with Crippen molar-refractivity contribution >= 4 is 11.6 Å². The molecule has 0 unspecified atom stereocenters. The van der Waals surface area contributed by atoms with E-state index in [2.05, 4.69) is 29.1 Å². The Labute approximate surface area is 173 Å². The van der Waals surface area contributed by atoms with Crippen molar-refractivity contribution < 1.29 is 14.2 Å². The minimum Gasteiger partial charge on any atom is -0.493 e. The monoisotopic (exact) mass is 400 g/mol. The number of anilines is 1. The Morgan fingerprint density at radius 1 is 1.00 bits per heavy atom. The first-order valence-corrected chi connectivity index (χ1v) is 9.83. The van der Waals surface area contributed by atoms with Crippen LogP contribution in [-0.4, -0.2) is 51.3 Å². The third-order valence-corrected chi connectivity index (χ3v) is 4.61. The SMILES string of the molecule is CCN(CC)CCOc1ccccc1CN=C(N)Nc1ccc(OC)c(OC)c1. The van der Waals surface area contributed by atoms with Gasteiger partial charge in [0, 0.05) is 23.9 Å². The molecule has 0 atom stereocenters. The predicted octanol–water partition coefficient (Wildman–Crippen LogP) is 3.35. The summed E-state index contributed by atoms with van der Waals surface area (Å²) in [5.41, 5.74) is 7.82. The van der Waals surface area contributed by atoms with Crippen LogP contribution in [0.4, 0.5) is 5.69 Å². The lowest BCUT2D eigenvalue weighted by Gasteiger charge is -2.18. The number of likely N-dealkylation sites (N-methyl/N-ethyl adjacent to an activating group) is 1. The number of para-hydroxylation sites is 1. The van der Waals surface area contributed by atoms with Crippen LogP contribution in [-0.2, 0) is 6.54 Å². The van der Waals surface area contributed by atoms with Crippen LogP contribution in [0.2, 0.25) is 0 Å². The number of nitrogens with zero attached hydrogens (tertiary/aromatic N) is 2. The molecule has 0 aliphatic rings. The molecule has 7 heteroatoms. The van der Waals surface area contributed by atoms with E-state index in [4.69, 9.17) is 19.9 Å². The summed E-state index contributed by atoms with van der Waals surface area (Å²) >= 11 is 0. The minimum absolute atomic E-state index is 0.315. The third-order valence-electron chi connectivity index (χ3n) is 4.61. The molecule has 2 aromatic rings. The van der Waals surface area contributed by atoms with Crippen molar-refractivity contribution in [2.45, 2.75) is 20.4 Å². The molecule has 0 bridgehead atoms. The van der Waals surface area contributed by atoms with E-state index in [-0.39, 0.29) is 0 Å². The summed E-state index contributed by atoms with van der Waals surface area (Å²) in [7, 11) is 3.19. The van der Waals surface area contributed by atoms with Gasteiger partial charge < -0.3 is 30.2 Å². The fraction of sp³-hybridized carbons (Fsp3) is 0.409. The molecule has 29 heavy (non-hydrogen) atoms. The van der Waals surface area contributed by atoms with Gasteiger partial charge in [0.05, 0.1) is 20.8 Å². The number of nitrogens with two attached hydrogens (primary N) is 1. The van der Waals surface area contributed by atoms with Gasteiger partial charge in [-0.1, -0.05) is 32.0 Å². The van der Waals surface area contributed by atoms with E-state index in [9.17, 15) is 0 Å². The summed E-state index contributed by atoms with van der Waals surface area (Å²) in [6.07, 6.45) is 0. The highest BCUT2D eigenvalue weighted by Gasteiger charge is 2.07. The maximum Gasteiger partial charge on any atom is 0.193 e. The van der Waals surface area contributed by atoms with Crippen LogP contribution in [0.15, 0.2) is 47.5 Å². The number of guanidine groups is 1. The molecule has 0 aliphatic heterocycles. The first-order chi connectivity index (χ1) is 14.1. The Morgan fingerprint density at radius 2 is 1.72 bits per heavy atom. The lowest BCUT2D eigenvalue weighted by molar-refractivity contribution is 0.221. The van der Waals surface area contributed by atoms with Crippen molar-refractivity contribution in [2.75, 3.05) is 45.8 Å². The molecule has 3 N–H and O–H groups in total. The second-order valence-corrected chi connectivity index (χ2v) is 6.38. The van der Waals surface area contributed by atoms with E-state index in [1.807, 2.05) is 42.5 Å². The summed E-state index contributed by atoms with van der Waals surface area (Å²) in [6.45, 7) is 8.30. The van der Waals surface area contributed by atoms with Gasteiger partial charge >= 0.3 is 0 Å². The van der Waals surface area contributed by atoms with Gasteiger partial charge in [0.1, 0.15) is 12.4 Å². The van der Waals surface area contributed by atoms with E-state index < -0.39 is 0 Å². The molecule has 2 rings (SSSR count). The van der Waals surface area contributed by atoms with E-state index >= 15 is 0 Å². The molecule has 7 nitrogen and oxygen atoms in total. The molecule has 0 saturated heterocycles. The normalized spacial score (nSPS) is 11.4. The van der Waals surface area contributed by atoms with Crippen molar-refractivity contribution in [3.05, 3.63) is 48.0 Å². The predicted molar refractivity (Wildman–Crippen MR) is 118 cm³/mol. The lowest BCUT2D eigenvalue weighted by Crippen LogP contribution is -2.28. The highest BCUT2D eigenvalue weighted by molar-refractivity contribution is 5.92. The zero-order valence-electron chi connectivity index (χ0n) is 17.8. The van der Waals surface area contributed by atoms with Crippen molar-refractivity contribution in [3.63, 3.8) is 0 Å². The Morgan fingerprint density at radius 3 is 2.41 bits per heavy atom. The Balaban J connectivity index is 1.98. The first kappa shape index (κ1) is 22.4. The van der Waals surface area contributed by atoms with Gasteiger partial charge in [-0.3, -0.25) is 0 Å². The van der Waals surface area contributed by atoms with E-state index in [0.717, 1.165) is 36.6 Å². The average molecular weight is 401 g/mol. The highest BCUT2D eigenvalue weighted by atomic mass is 16.5. The van der Waals surface area contributed by atoms with Gasteiger partial charge in [-0.2, -0.15) is 0 Å². The largest absolute Gasteiger partial charge is 0.493 e. The molecular weight excluding hydrogens is 368 g/mol. The molecular formula is C22H32N4O3. The van der Waals surface area contributed by atoms with Gasteiger partial charge in [0.2, 0.25) is 0 Å². The molecule has 0 spiro atoms. The molecule has 0 saturated carbocycles. The van der Waals surface area contributed by atoms with Crippen LogP contribution in [0.5, 0.6) is 17.2 Å². The molecule has 0 aromatic heterocycles. The summed E-state index contributed by atoms with van der Waals surface area (Å²) in [5.74, 6) is 2.43. The zero-order chi connectivity index (χ0) is 21.1. The van der Waals surface area contributed by atoms with Crippen LogP contribution in [0.3, 0.4) is 0 Å². The number of hydrogen-bond donors (Lipinski definition) is 2. The number of aliphatic imine (C=N–C) groups is 1. The third kappa shape index (κ3) is 6.87. The summed E-state index contributed by atoms with van der Waals surface area (Å²) in [4.78, 5) is 6.77. The Bertz CT molecular complexity index is 791. The lowest BCUT2D eigenvalue weighted by atomic mass is 10.2. The molecule has 0 amide bonds. The number of hydrogen-bond acceptors (Lipinski definition) is 5. The molecule has 0 aliphatic carbocycles. The van der Waals surface area contributed by atoms with Crippen molar-refractivity contribution in [3.8, 4) is 17.2 Å². The first-order valence-electron chi connectivity index (χ1n) is 9.83. The number of nitrogens with one attached hydrogen (secondary N) is 1. The van der Waals surface area contributed by atoms with E-state index in [0.29, 0.717) is 30.6 Å². The van der Waals surface area contributed by atoms with Crippen LogP contribution >= 0.6 is 0 Å². The second-order valence-electron chi connectivity index (χ2n) is 6.38. The molecule has 158 valence electrons. The fourth-order valence-electron chi connectivity index (χ4n) is 2.87. The van der Waals surface area contributed by atoms with Crippen molar-refractivity contribution in [1.29, 1.82) is 0 Å². The van der Waals surface area contributed by atoms with Gasteiger partial charge in [-0.25, -0.2) is 4.99 Å². The smallest absolute Gasteiger partial charge is 0.193 e. The fourth-order valence-corrected chi connectivity index (χ4v) is 2.87. The van der Waals surface area contributed by atoms with Gasteiger partial charge in [0.25, 0.3) is 0 Å². The number of benzene rings is 2. The van der Waals surface area contributed by atoms with Gasteiger partial charge in [-0.15, -0.1) is 0 Å². The standard InChI is InChI=1S/C22H32N4O3/c1-5-26(6-2)13-14-29-19-10-8-7-9-17(19)16-24-22(23)25-18-11-12-20(27-3)21(15-18)28-4/h7-12,15H,5-6,13-14,16H2,1-4H3,(H3,23,24,25). The van der Waals surface area contributed by atoms with Crippen LogP contribution < -0.4 is 25.3 Å². The molecule has 0 heterocycles. The summed E-state index contributed by atoms with van der Waals surface area (Å²) < 4.78 is 16.5. The zero-order valence-corrected chi connectivity index (χ0v) is 17.8. The van der Waals surface area contributed by atoms with Crippen LogP contribution in [0.25, 0.3) is 0 Å². The van der Waals surface area contributed by atoms with Gasteiger partial charge in [-0.05, 0) is 31.3 Å². The highest BCUT2D eigenvalue weighted by Crippen LogP contribution is 2.29. The topological polar surface area (TPSA) is 81.3 Å². The molecule has 0 radical (unpaired) electrons. The Kier molecular flexibility index (Phi) is 9.11. The van der Waals surface area contributed by atoms with Crippen molar-refractivity contribution in [2.24, 2.45) is 10.7 Å². The van der Waals surface area contributed by atoms with E-state index in [1.165, 1.54) is 0 Å². The number of ether oxygens (including phenoxy) is 3. The average Bonchev–Trinajstić information content (AvgIpc) is 2.75. The maximum atomic E-state index is 6.06. The quantitative estimate of drug-likeness (QED) is 0.445. The van der Waals surface area contributed by atoms with Crippen molar-refractivity contribution in [1.82, 2.24) is 4.90 Å². The summed E-state index contributed by atoms with van der Waals surface area (Å²) in [5, 5.41) is 3.08. The van der Waals surface area contributed by atoms with E-state index in [1.54, 1.807) is 14.2 Å². The summed E-state index contributed by atoms with van der Waals surface area (Å²) in [6, 6.07) is 13.4. The minimum atomic E-state index is 0.315. The number of rotatable bonds is 11.